The van der Waals surface area contributed by atoms with E-state index in [0.29, 0.717) is 19.3 Å². The number of carbonyl (C=O) groups is 3. The first-order valence-electron chi connectivity index (χ1n) is 29.2. The van der Waals surface area contributed by atoms with Crippen molar-refractivity contribution in [2.24, 2.45) is 0 Å². The maximum Gasteiger partial charge on any atom is 0.306 e. The van der Waals surface area contributed by atoms with E-state index in [9.17, 15) is 14.4 Å². The van der Waals surface area contributed by atoms with Crippen LogP contribution in [0.15, 0.2) is 97.2 Å². The number of esters is 3. The molecule has 1 unspecified atom stereocenters. The molecule has 0 amide bonds. The zero-order valence-electron chi connectivity index (χ0n) is 45.8. The molecule has 0 spiro atoms. The Morgan fingerprint density at radius 1 is 0.300 bits per heavy atom. The fraction of sp³-hybridized carbons (Fsp3) is 0.703. The minimum absolute atomic E-state index is 0.0873. The van der Waals surface area contributed by atoms with Gasteiger partial charge in [-0.1, -0.05) is 227 Å². The lowest BCUT2D eigenvalue weighted by atomic mass is 10.1. The molecule has 70 heavy (non-hydrogen) atoms. The summed E-state index contributed by atoms with van der Waals surface area (Å²) < 4.78 is 16.8. The Morgan fingerprint density at radius 2 is 0.557 bits per heavy atom. The number of allylic oxidation sites excluding steroid dienone is 16. The molecule has 6 nitrogen and oxygen atoms in total. The summed E-state index contributed by atoms with van der Waals surface area (Å²) in [6.07, 6.45) is 76.9. The molecule has 0 aliphatic rings. The van der Waals surface area contributed by atoms with E-state index in [0.717, 1.165) is 122 Å². The predicted molar refractivity (Wildman–Crippen MR) is 302 cm³/mol. The lowest BCUT2D eigenvalue weighted by molar-refractivity contribution is -0.167. The third kappa shape index (κ3) is 55.3. The van der Waals surface area contributed by atoms with E-state index >= 15 is 0 Å². The highest BCUT2D eigenvalue weighted by molar-refractivity contribution is 5.71. The molecule has 6 heteroatoms. The van der Waals surface area contributed by atoms with Crippen molar-refractivity contribution in [1.29, 1.82) is 0 Å². The number of hydrogen-bond donors (Lipinski definition) is 0. The van der Waals surface area contributed by atoms with Gasteiger partial charge in [-0.2, -0.15) is 0 Å². The zero-order valence-corrected chi connectivity index (χ0v) is 45.8. The van der Waals surface area contributed by atoms with Crippen molar-refractivity contribution in [3.05, 3.63) is 97.2 Å². The molecule has 1 atom stereocenters. The molecule has 0 N–H and O–H groups in total. The van der Waals surface area contributed by atoms with E-state index in [1.54, 1.807) is 0 Å². The van der Waals surface area contributed by atoms with Crippen molar-refractivity contribution < 1.29 is 28.6 Å². The minimum atomic E-state index is -0.788. The Balaban J connectivity index is 4.29. The van der Waals surface area contributed by atoms with Crippen LogP contribution in [0.4, 0.5) is 0 Å². The van der Waals surface area contributed by atoms with E-state index in [1.807, 2.05) is 0 Å². The maximum absolute atomic E-state index is 12.8. The molecule has 0 saturated heterocycles. The van der Waals surface area contributed by atoms with Gasteiger partial charge in [-0.05, 0) is 122 Å². The molecule has 0 bridgehead atoms. The number of ether oxygens (including phenoxy) is 3. The second-order valence-electron chi connectivity index (χ2n) is 19.2. The average Bonchev–Trinajstić information content (AvgIpc) is 3.36. The van der Waals surface area contributed by atoms with Gasteiger partial charge in [0.25, 0.3) is 0 Å². The molecule has 0 saturated carbocycles. The van der Waals surface area contributed by atoms with Crippen LogP contribution in [0.2, 0.25) is 0 Å². The summed E-state index contributed by atoms with van der Waals surface area (Å²) in [7, 11) is 0. The molecule has 0 fully saturated rings. The van der Waals surface area contributed by atoms with Crippen LogP contribution >= 0.6 is 0 Å². The summed E-state index contributed by atoms with van der Waals surface area (Å²) in [4.78, 5) is 38.1. The summed E-state index contributed by atoms with van der Waals surface area (Å²) in [5.41, 5.74) is 0. The Morgan fingerprint density at radius 3 is 0.914 bits per heavy atom. The highest BCUT2D eigenvalue weighted by atomic mass is 16.6. The lowest BCUT2D eigenvalue weighted by Crippen LogP contribution is -2.30. The zero-order chi connectivity index (χ0) is 50.7. The SMILES string of the molecule is CC/C=C\C/C=C\C/C=C\C/C=C\C/C=C\C/C=C\CCCCCCCCCCC(=O)OCC(COC(=O)CCCCCCC/C=C\CCCCC)OC(=O)CCCCCCC/C=C\CCCCCC. The van der Waals surface area contributed by atoms with Crippen LogP contribution in [0.5, 0.6) is 0 Å². The van der Waals surface area contributed by atoms with Gasteiger partial charge in [0, 0.05) is 19.3 Å². The van der Waals surface area contributed by atoms with Crippen molar-refractivity contribution in [3.8, 4) is 0 Å². The predicted octanol–water partition coefficient (Wildman–Crippen LogP) is 19.7. The molecule has 0 aromatic carbocycles. The number of rotatable bonds is 52. The van der Waals surface area contributed by atoms with Crippen LogP contribution in [0.3, 0.4) is 0 Å². The topological polar surface area (TPSA) is 78.9 Å². The van der Waals surface area contributed by atoms with Gasteiger partial charge in [-0.25, -0.2) is 0 Å². The third-order valence-electron chi connectivity index (χ3n) is 12.3. The number of hydrogen-bond acceptors (Lipinski definition) is 6. The van der Waals surface area contributed by atoms with E-state index in [-0.39, 0.29) is 31.1 Å². The van der Waals surface area contributed by atoms with Gasteiger partial charge in [0.05, 0.1) is 0 Å². The fourth-order valence-electron chi connectivity index (χ4n) is 7.91. The summed E-state index contributed by atoms with van der Waals surface area (Å²) in [6.45, 7) is 6.47. The summed E-state index contributed by atoms with van der Waals surface area (Å²) in [5.74, 6) is -0.911. The molecule has 0 aromatic rings. The average molecular weight is 974 g/mol. The third-order valence-corrected chi connectivity index (χ3v) is 12.3. The smallest absolute Gasteiger partial charge is 0.306 e. The van der Waals surface area contributed by atoms with Gasteiger partial charge in [-0.15, -0.1) is 0 Å². The fourth-order valence-corrected chi connectivity index (χ4v) is 7.91. The second kappa shape index (κ2) is 57.9. The molecule has 0 aliphatic carbocycles. The van der Waals surface area contributed by atoms with Crippen molar-refractivity contribution in [1.82, 2.24) is 0 Å². The Hall–Kier alpha value is -3.67. The monoisotopic (exact) mass is 973 g/mol. The van der Waals surface area contributed by atoms with Gasteiger partial charge >= 0.3 is 17.9 Å². The van der Waals surface area contributed by atoms with E-state index in [4.69, 9.17) is 14.2 Å². The summed E-state index contributed by atoms with van der Waals surface area (Å²) in [5, 5.41) is 0. The highest BCUT2D eigenvalue weighted by Gasteiger charge is 2.19. The maximum atomic E-state index is 12.8. The molecule has 0 heterocycles. The largest absolute Gasteiger partial charge is 0.462 e. The van der Waals surface area contributed by atoms with Crippen LogP contribution in [-0.2, 0) is 28.6 Å². The first kappa shape index (κ1) is 66.3. The van der Waals surface area contributed by atoms with Crippen molar-refractivity contribution in [3.63, 3.8) is 0 Å². The van der Waals surface area contributed by atoms with Crippen molar-refractivity contribution in [2.45, 2.75) is 277 Å². The van der Waals surface area contributed by atoms with Crippen molar-refractivity contribution >= 4 is 17.9 Å². The molecular weight excluding hydrogens is 865 g/mol. The van der Waals surface area contributed by atoms with E-state index in [2.05, 4.69) is 118 Å². The van der Waals surface area contributed by atoms with Gasteiger partial charge in [-0.3, -0.25) is 14.4 Å². The summed E-state index contributed by atoms with van der Waals surface area (Å²) in [6, 6.07) is 0. The van der Waals surface area contributed by atoms with Gasteiger partial charge < -0.3 is 14.2 Å². The standard InChI is InChI=1S/C64H108O6/c1-4-7-10-13-16-19-22-25-26-27-28-29-30-31-32-33-34-35-36-37-38-40-42-45-48-51-54-57-63(66)69-60-61(59-68-62(65)56-53-50-47-44-41-24-21-18-15-12-9-6-3)70-64(67)58-55-52-49-46-43-39-23-20-17-14-11-8-5-2/h7,10,16,18-21,23,25-26,28-29,31-32,34-35,61H,4-6,8-9,11-15,17,22,24,27,30,33,36-60H2,1-3H3/b10-7-,19-16-,21-18-,23-20-,26-25-,29-28-,32-31-,35-34-. The first-order valence-corrected chi connectivity index (χ1v) is 29.2. The van der Waals surface area contributed by atoms with E-state index in [1.165, 1.54) is 109 Å². The second-order valence-corrected chi connectivity index (χ2v) is 19.2. The van der Waals surface area contributed by atoms with Crippen LogP contribution in [-0.4, -0.2) is 37.2 Å². The first-order chi connectivity index (χ1) is 34.5. The quantitative estimate of drug-likeness (QED) is 0.0262. The normalized spacial score (nSPS) is 12.8. The molecular formula is C64H108O6. The van der Waals surface area contributed by atoms with Gasteiger partial charge in [0.2, 0.25) is 0 Å². The Kier molecular flexibility index (Phi) is 54.9. The number of carbonyl (C=O) groups excluding carboxylic acids is 3. The Labute approximate surface area is 432 Å². The Bertz CT molecular complexity index is 1400. The number of unbranched alkanes of at least 4 members (excludes halogenated alkanes) is 25. The minimum Gasteiger partial charge on any atom is -0.462 e. The van der Waals surface area contributed by atoms with Gasteiger partial charge in [0.1, 0.15) is 13.2 Å². The summed E-state index contributed by atoms with van der Waals surface area (Å²) >= 11 is 0. The molecule has 0 aliphatic heterocycles. The molecule has 0 rings (SSSR count). The van der Waals surface area contributed by atoms with Crippen LogP contribution in [0, 0.1) is 0 Å². The lowest BCUT2D eigenvalue weighted by Gasteiger charge is -2.18. The van der Waals surface area contributed by atoms with Crippen LogP contribution in [0.1, 0.15) is 271 Å². The van der Waals surface area contributed by atoms with Gasteiger partial charge in [0.15, 0.2) is 6.10 Å². The van der Waals surface area contributed by atoms with Crippen molar-refractivity contribution in [2.75, 3.05) is 13.2 Å². The van der Waals surface area contributed by atoms with E-state index < -0.39 is 6.10 Å². The molecule has 0 aromatic heterocycles. The van der Waals surface area contributed by atoms with Crippen LogP contribution < -0.4 is 0 Å². The highest BCUT2D eigenvalue weighted by Crippen LogP contribution is 2.14. The van der Waals surface area contributed by atoms with Crippen LogP contribution in [0.25, 0.3) is 0 Å². The molecule has 400 valence electrons. The molecule has 0 radical (unpaired) electrons.